The average Bonchev–Trinajstić information content (AvgIpc) is 2.65. The average molecular weight is 265 g/mol. The standard InChI is InChI=1S/C14H19NO2S/c16-12-6-5-7-13(10-12)18-11-14(17)15-8-3-1-2-4-9-15/h5-7,10,16H,1-4,8-9,11H2. The van der Waals surface area contributed by atoms with Crippen LogP contribution in [0.2, 0.25) is 0 Å². The van der Waals surface area contributed by atoms with Crippen LogP contribution in [0.25, 0.3) is 0 Å². The first-order valence-electron chi connectivity index (χ1n) is 6.45. The van der Waals surface area contributed by atoms with Gasteiger partial charge in [-0.1, -0.05) is 18.9 Å². The predicted octanol–water partition coefficient (Wildman–Crippen LogP) is 2.89. The normalized spacial score (nSPS) is 16.3. The van der Waals surface area contributed by atoms with Gasteiger partial charge >= 0.3 is 0 Å². The van der Waals surface area contributed by atoms with Crippen LogP contribution in [0.1, 0.15) is 25.7 Å². The Morgan fingerprint density at radius 3 is 2.61 bits per heavy atom. The number of hydrogen-bond acceptors (Lipinski definition) is 3. The summed E-state index contributed by atoms with van der Waals surface area (Å²) in [4.78, 5) is 15.0. The Kier molecular flexibility index (Phi) is 4.93. The zero-order valence-corrected chi connectivity index (χ0v) is 11.3. The molecule has 0 spiro atoms. The van der Waals surface area contributed by atoms with Crippen LogP contribution in [0.3, 0.4) is 0 Å². The molecular formula is C14H19NO2S. The van der Waals surface area contributed by atoms with E-state index in [0.29, 0.717) is 5.75 Å². The van der Waals surface area contributed by atoms with Crippen molar-refractivity contribution in [3.8, 4) is 5.75 Å². The summed E-state index contributed by atoms with van der Waals surface area (Å²) < 4.78 is 0. The summed E-state index contributed by atoms with van der Waals surface area (Å²) in [6.07, 6.45) is 4.73. The lowest BCUT2D eigenvalue weighted by molar-refractivity contribution is -0.128. The first kappa shape index (κ1) is 13.3. The molecule has 98 valence electrons. The monoisotopic (exact) mass is 265 g/mol. The number of phenolic OH excluding ortho intramolecular Hbond substituents is 1. The number of aromatic hydroxyl groups is 1. The summed E-state index contributed by atoms with van der Waals surface area (Å²) in [5, 5.41) is 9.36. The maximum atomic E-state index is 12.1. The van der Waals surface area contributed by atoms with E-state index in [9.17, 15) is 9.90 Å². The van der Waals surface area contributed by atoms with Gasteiger partial charge in [0, 0.05) is 18.0 Å². The van der Waals surface area contributed by atoms with E-state index in [1.54, 1.807) is 18.2 Å². The highest BCUT2D eigenvalue weighted by Crippen LogP contribution is 2.22. The van der Waals surface area contributed by atoms with E-state index in [-0.39, 0.29) is 11.7 Å². The highest BCUT2D eigenvalue weighted by molar-refractivity contribution is 8.00. The lowest BCUT2D eigenvalue weighted by Crippen LogP contribution is -2.33. The minimum Gasteiger partial charge on any atom is -0.508 e. The maximum absolute atomic E-state index is 12.1. The van der Waals surface area contributed by atoms with Crippen molar-refractivity contribution >= 4 is 17.7 Å². The van der Waals surface area contributed by atoms with Crippen LogP contribution in [0.4, 0.5) is 0 Å². The topological polar surface area (TPSA) is 40.5 Å². The molecule has 1 aromatic rings. The summed E-state index contributed by atoms with van der Waals surface area (Å²) in [5.74, 6) is 0.927. The van der Waals surface area contributed by atoms with E-state index in [2.05, 4.69) is 0 Å². The molecule has 1 heterocycles. The van der Waals surface area contributed by atoms with Crippen LogP contribution in [0.5, 0.6) is 5.75 Å². The van der Waals surface area contributed by atoms with Gasteiger partial charge in [-0.3, -0.25) is 4.79 Å². The van der Waals surface area contributed by atoms with E-state index < -0.39 is 0 Å². The highest BCUT2D eigenvalue weighted by Gasteiger charge is 2.15. The van der Waals surface area contributed by atoms with E-state index >= 15 is 0 Å². The second-order valence-electron chi connectivity index (χ2n) is 4.58. The molecule has 4 heteroatoms. The summed E-state index contributed by atoms with van der Waals surface area (Å²) >= 11 is 1.49. The van der Waals surface area contributed by atoms with Crippen LogP contribution >= 0.6 is 11.8 Å². The Balaban J connectivity index is 1.83. The van der Waals surface area contributed by atoms with E-state index in [1.165, 1.54) is 24.6 Å². The van der Waals surface area contributed by atoms with Gasteiger partial charge in [0.15, 0.2) is 0 Å². The molecule has 1 aromatic carbocycles. The molecule has 0 radical (unpaired) electrons. The molecule has 1 aliphatic rings. The minimum atomic E-state index is 0.213. The summed E-state index contributed by atoms with van der Waals surface area (Å²) in [6.45, 7) is 1.80. The Morgan fingerprint density at radius 1 is 1.22 bits per heavy atom. The SMILES string of the molecule is O=C(CSc1cccc(O)c1)N1CCCCCC1. The van der Waals surface area contributed by atoms with Gasteiger partial charge in [-0.15, -0.1) is 11.8 Å². The fourth-order valence-corrected chi connectivity index (χ4v) is 2.98. The zero-order valence-electron chi connectivity index (χ0n) is 10.5. The van der Waals surface area contributed by atoms with Gasteiger partial charge in [0.1, 0.15) is 5.75 Å². The third kappa shape index (κ3) is 3.95. The molecule has 2 rings (SSSR count). The predicted molar refractivity (Wildman–Crippen MR) is 73.9 cm³/mol. The first-order valence-corrected chi connectivity index (χ1v) is 7.44. The second kappa shape index (κ2) is 6.69. The van der Waals surface area contributed by atoms with Crippen LogP contribution in [-0.2, 0) is 4.79 Å². The van der Waals surface area contributed by atoms with Gasteiger partial charge in [-0.25, -0.2) is 0 Å². The van der Waals surface area contributed by atoms with Crippen molar-refractivity contribution < 1.29 is 9.90 Å². The highest BCUT2D eigenvalue weighted by atomic mass is 32.2. The number of carbonyl (C=O) groups is 1. The number of nitrogens with zero attached hydrogens (tertiary/aromatic N) is 1. The minimum absolute atomic E-state index is 0.213. The number of phenols is 1. The molecule has 0 saturated carbocycles. The molecule has 1 aliphatic heterocycles. The van der Waals surface area contributed by atoms with E-state index in [0.717, 1.165) is 30.8 Å². The van der Waals surface area contributed by atoms with Gasteiger partial charge in [0.05, 0.1) is 5.75 Å². The molecule has 1 N–H and O–H groups in total. The Labute approximate surface area is 112 Å². The third-order valence-electron chi connectivity index (χ3n) is 3.14. The van der Waals surface area contributed by atoms with Crippen molar-refractivity contribution in [3.05, 3.63) is 24.3 Å². The van der Waals surface area contributed by atoms with Crippen LogP contribution in [0, 0.1) is 0 Å². The molecule has 3 nitrogen and oxygen atoms in total. The lowest BCUT2D eigenvalue weighted by Gasteiger charge is -2.19. The lowest BCUT2D eigenvalue weighted by atomic mass is 10.2. The van der Waals surface area contributed by atoms with Crippen LogP contribution in [-0.4, -0.2) is 34.8 Å². The van der Waals surface area contributed by atoms with Crippen LogP contribution < -0.4 is 0 Å². The molecule has 0 atom stereocenters. The number of thioether (sulfide) groups is 1. The number of hydrogen-bond donors (Lipinski definition) is 1. The number of rotatable bonds is 3. The third-order valence-corrected chi connectivity index (χ3v) is 4.12. The van der Waals surface area contributed by atoms with Gasteiger partial charge in [-0.05, 0) is 31.0 Å². The summed E-state index contributed by atoms with van der Waals surface area (Å²) in [5.41, 5.74) is 0. The number of amides is 1. The zero-order chi connectivity index (χ0) is 12.8. The molecule has 0 unspecified atom stereocenters. The van der Waals surface area contributed by atoms with Gasteiger partial charge in [-0.2, -0.15) is 0 Å². The smallest absolute Gasteiger partial charge is 0.232 e. The fraction of sp³-hybridized carbons (Fsp3) is 0.500. The van der Waals surface area contributed by atoms with Crippen molar-refractivity contribution in [2.45, 2.75) is 30.6 Å². The molecule has 1 amide bonds. The second-order valence-corrected chi connectivity index (χ2v) is 5.63. The fourth-order valence-electron chi connectivity index (χ4n) is 2.13. The molecule has 0 aromatic heterocycles. The van der Waals surface area contributed by atoms with Crippen molar-refractivity contribution in [2.24, 2.45) is 0 Å². The quantitative estimate of drug-likeness (QED) is 0.854. The molecule has 18 heavy (non-hydrogen) atoms. The molecule has 1 fully saturated rings. The largest absolute Gasteiger partial charge is 0.508 e. The summed E-state index contributed by atoms with van der Waals surface area (Å²) in [6, 6.07) is 7.05. The maximum Gasteiger partial charge on any atom is 0.232 e. The number of likely N-dealkylation sites (tertiary alicyclic amines) is 1. The number of benzene rings is 1. The van der Waals surface area contributed by atoms with Crippen molar-refractivity contribution in [3.63, 3.8) is 0 Å². The van der Waals surface area contributed by atoms with E-state index in [4.69, 9.17) is 0 Å². The van der Waals surface area contributed by atoms with Crippen molar-refractivity contribution in [1.29, 1.82) is 0 Å². The Bertz CT molecular complexity index is 401. The summed E-state index contributed by atoms with van der Waals surface area (Å²) in [7, 11) is 0. The first-order chi connectivity index (χ1) is 8.75. The van der Waals surface area contributed by atoms with Crippen molar-refractivity contribution in [1.82, 2.24) is 4.90 Å². The number of carbonyl (C=O) groups excluding carboxylic acids is 1. The van der Waals surface area contributed by atoms with Gasteiger partial charge in [0.2, 0.25) is 5.91 Å². The Hall–Kier alpha value is -1.16. The molecule has 0 aliphatic carbocycles. The Morgan fingerprint density at radius 2 is 1.94 bits per heavy atom. The molecule has 1 saturated heterocycles. The van der Waals surface area contributed by atoms with Crippen molar-refractivity contribution in [2.75, 3.05) is 18.8 Å². The van der Waals surface area contributed by atoms with Gasteiger partial charge in [0.25, 0.3) is 0 Å². The molecule has 0 bridgehead atoms. The van der Waals surface area contributed by atoms with Gasteiger partial charge < -0.3 is 10.0 Å². The van der Waals surface area contributed by atoms with E-state index in [1.807, 2.05) is 11.0 Å². The molecular weight excluding hydrogens is 246 g/mol. The van der Waals surface area contributed by atoms with Crippen LogP contribution in [0.15, 0.2) is 29.2 Å².